The third-order valence-electron chi connectivity index (χ3n) is 3.86. The summed E-state index contributed by atoms with van der Waals surface area (Å²) in [6.45, 7) is 2.06. The van der Waals surface area contributed by atoms with Crippen LogP contribution in [0.15, 0.2) is 0 Å². The van der Waals surface area contributed by atoms with Crippen LogP contribution in [0, 0.1) is 0 Å². The first-order valence-electron chi connectivity index (χ1n) is 6.79. The third kappa shape index (κ3) is 3.45. The molecule has 5 heteroatoms. The average molecular weight is 254 g/mol. The monoisotopic (exact) mass is 254 g/mol. The Morgan fingerprint density at radius 2 is 1.67 bits per heavy atom. The van der Waals surface area contributed by atoms with Crippen LogP contribution in [0.25, 0.3) is 0 Å². The van der Waals surface area contributed by atoms with Gasteiger partial charge in [-0.1, -0.05) is 0 Å². The van der Waals surface area contributed by atoms with E-state index in [4.69, 9.17) is 5.11 Å². The summed E-state index contributed by atoms with van der Waals surface area (Å²) in [7, 11) is 2.10. The maximum absolute atomic E-state index is 12.2. The van der Waals surface area contributed by atoms with E-state index in [1.807, 2.05) is 4.90 Å². The minimum atomic E-state index is -0.887. The van der Waals surface area contributed by atoms with Gasteiger partial charge in [0.15, 0.2) is 0 Å². The highest BCUT2D eigenvalue weighted by Crippen LogP contribution is 2.32. The fourth-order valence-electron chi connectivity index (χ4n) is 2.67. The quantitative estimate of drug-likeness (QED) is 0.793. The summed E-state index contributed by atoms with van der Waals surface area (Å²) in [5, 5.41) is 8.67. The molecule has 0 aromatic rings. The first-order valence-corrected chi connectivity index (χ1v) is 6.79. The maximum atomic E-state index is 12.2. The molecule has 5 nitrogen and oxygen atoms in total. The van der Waals surface area contributed by atoms with Crippen molar-refractivity contribution in [3.8, 4) is 0 Å². The molecule has 102 valence electrons. The molecule has 1 N–H and O–H groups in total. The molecule has 1 amide bonds. The van der Waals surface area contributed by atoms with E-state index in [0.29, 0.717) is 12.1 Å². The second-order valence-electron chi connectivity index (χ2n) is 5.46. The van der Waals surface area contributed by atoms with Crippen molar-refractivity contribution in [3.05, 3.63) is 0 Å². The fourth-order valence-corrected chi connectivity index (χ4v) is 2.67. The molecule has 18 heavy (non-hydrogen) atoms. The number of carboxylic acids is 1. The first kappa shape index (κ1) is 13.3. The van der Waals surface area contributed by atoms with Gasteiger partial charge in [-0.05, 0) is 45.8 Å². The van der Waals surface area contributed by atoms with E-state index in [0.717, 1.165) is 38.8 Å². The molecule has 1 aliphatic carbocycles. The van der Waals surface area contributed by atoms with Gasteiger partial charge in [0.2, 0.25) is 5.91 Å². The van der Waals surface area contributed by atoms with Gasteiger partial charge >= 0.3 is 5.97 Å². The van der Waals surface area contributed by atoms with Crippen LogP contribution in [0.2, 0.25) is 0 Å². The Labute approximate surface area is 108 Å². The molecule has 2 aliphatic rings. The summed E-state index contributed by atoms with van der Waals surface area (Å²) in [5.74, 6) is -0.850. The Morgan fingerprint density at radius 3 is 2.17 bits per heavy atom. The van der Waals surface area contributed by atoms with Gasteiger partial charge in [0.05, 0.1) is 6.42 Å². The first-order chi connectivity index (χ1) is 8.58. The molecule has 0 aromatic heterocycles. The van der Waals surface area contributed by atoms with Crippen LogP contribution in [0.1, 0.15) is 38.5 Å². The predicted molar refractivity (Wildman–Crippen MR) is 67.3 cm³/mol. The number of likely N-dealkylation sites (tertiary alicyclic amines) is 1. The van der Waals surface area contributed by atoms with E-state index >= 15 is 0 Å². The lowest BCUT2D eigenvalue weighted by Gasteiger charge is -2.37. The molecule has 2 fully saturated rings. The van der Waals surface area contributed by atoms with Crippen molar-refractivity contribution in [2.24, 2.45) is 0 Å². The lowest BCUT2D eigenvalue weighted by atomic mass is 10.0. The van der Waals surface area contributed by atoms with Gasteiger partial charge in [-0.15, -0.1) is 0 Å². The van der Waals surface area contributed by atoms with Gasteiger partial charge in [-0.25, -0.2) is 0 Å². The Morgan fingerprint density at radius 1 is 1.11 bits per heavy atom. The van der Waals surface area contributed by atoms with E-state index in [2.05, 4.69) is 11.9 Å². The van der Waals surface area contributed by atoms with Crippen LogP contribution in [0.5, 0.6) is 0 Å². The Bertz CT molecular complexity index is 320. The minimum absolute atomic E-state index is 0.0365. The summed E-state index contributed by atoms with van der Waals surface area (Å²) in [6, 6.07) is 0.717. The second kappa shape index (κ2) is 5.69. The molecular weight excluding hydrogens is 232 g/mol. The summed E-state index contributed by atoms with van der Waals surface area (Å²) >= 11 is 0. The lowest BCUT2D eigenvalue weighted by molar-refractivity contribution is -0.142. The predicted octanol–water partition coefficient (Wildman–Crippen LogP) is 0.936. The van der Waals surface area contributed by atoms with E-state index in [-0.39, 0.29) is 18.7 Å². The van der Waals surface area contributed by atoms with Crippen molar-refractivity contribution in [3.63, 3.8) is 0 Å². The Hall–Kier alpha value is -1.10. The number of rotatable bonds is 5. The number of amides is 1. The van der Waals surface area contributed by atoms with Crippen molar-refractivity contribution < 1.29 is 14.7 Å². The van der Waals surface area contributed by atoms with Gasteiger partial charge < -0.3 is 14.9 Å². The topological polar surface area (TPSA) is 60.9 Å². The zero-order valence-corrected chi connectivity index (χ0v) is 11.0. The second-order valence-corrected chi connectivity index (χ2v) is 5.46. The van der Waals surface area contributed by atoms with Crippen LogP contribution in [-0.2, 0) is 9.59 Å². The van der Waals surface area contributed by atoms with Gasteiger partial charge in [0, 0.05) is 18.5 Å². The summed E-state index contributed by atoms with van der Waals surface area (Å²) < 4.78 is 0. The summed E-state index contributed by atoms with van der Waals surface area (Å²) in [6.07, 6.45) is 4.32. The van der Waals surface area contributed by atoms with Crippen LogP contribution < -0.4 is 0 Å². The number of carboxylic acid groups (broad SMARTS) is 1. The minimum Gasteiger partial charge on any atom is -0.481 e. The molecular formula is C13H22N2O3. The highest BCUT2D eigenvalue weighted by Gasteiger charge is 2.37. The molecule has 1 aliphatic heterocycles. The van der Waals surface area contributed by atoms with Crippen LogP contribution >= 0.6 is 0 Å². The standard InChI is InChI=1S/C13H22N2O3/c1-14-8-6-11(7-9-14)15(10-2-3-10)12(16)4-5-13(17)18/h10-11H,2-9H2,1H3,(H,17,18). The molecule has 0 radical (unpaired) electrons. The third-order valence-corrected chi connectivity index (χ3v) is 3.86. The fraction of sp³-hybridized carbons (Fsp3) is 0.846. The average Bonchev–Trinajstić information content (AvgIpc) is 3.14. The molecule has 0 unspecified atom stereocenters. The van der Waals surface area contributed by atoms with E-state index < -0.39 is 5.97 Å². The Kier molecular flexibility index (Phi) is 4.22. The maximum Gasteiger partial charge on any atom is 0.303 e. The molecule has 1 heterocycles. The van der Waals surface area contributed by atoms with Gasteiger partial charge in [-0.2, -0.15) is 0 Å². The number of hydrogen-bond acceptors (Lipinski definition) is 3. The highest BCUT2D eigenvalue weighted by molar-refractivity contribution is 5.81. The number of nitrogens with zero attached hydrogens (tertiary/aromatic N) is 2. The van der Waals surface area contributed by atoms with Crippen molar-refractivity contribution in [2.75, 3.05) is 20.1 Å². The van der Waals surface area contributed by atoms with Crippen molar-refractivity contribution in [2.45, 2.75) is 50.6 Å². The van der Waals surface area contributed by atoms with Gasteiger partial charge in [-0.3, -0.25) is 9.59 Å². The molecule has 0 aromatic carbocycles. The highest BCUT2D eigenvalue weighted by atomic mass is 16.4. The zero-order chi connectivity index (χ0) is 13.1. The smallest absolute Gasteiger partial charge is 0.303 e. The lowest BCUT2D eigenvalue weighted by Crippen LogP contribution is -2.47. The number of aliphatic carboxylic acids is 1. The van der Waals surface area contributed by atoms with Gasteiger partial charge in [0.1, 0.15) is 0 Å². The number of carbonyl (C=O) groups is 2. The molecule has 1 saturated heterocycles. The van der Waals surface area contributed by atoms with E-state index in [1.165, 1.54) is 0 Å². The van der Waals surface area contributed by atoms with Crippen molar-refractivity contribution >= 4 is 11.9 Å². The molecule has 0 atom stereocenters. The van der Waals surface area contributed by atoms with Crippen molar-refractivity contribution in [1.29, 1.82) is 0 Å². The zero-order valence-electron chi connectivity index (χ0n) is 11.0. The van der Waals surface area contributed by atoms with Crippen LogP contribution in [0.3, 0.4) is 0 Å². The number of piperidine rings is 1. The van der Waals surface area contributed by atoms with E-state index in [1.54, 1.807) is 0 Å². The SMILES string of the molecule is CN1CCC(N(C(=O)CCC(=O)O)C2CC2)CC1. The van der Waals surface area contributed by atoms with Crippen LogP contribution in [0.4, 0.5) is 0 Å². The molecule has 0 bridgehead atoms. The number of hydrogen-bond donors (Lipinski definition) is 1. The summed E-state index contributed by atoms with van der Waals surface area (Å²) in [5.41, 5.74) is 0. The molecule has 1 saturated carbocycles. The molecule has 2 rings (SSSR count). The normalized spacial score (nSPS) is 21.8. The Balaban J connectivity index is 1.91. The largest absolute Gasteiger partial charge is 0.481 e. The van der Waals surface area contributed by atoms with Crippen LogP contribution in [-0.4, -0.2) is 59.0 Å². The van der Waals surface area contributed by atoms with Gasteiger partial charge in [0.25, 0.3) is 0 Å². The van der Waals surface area contributed by atoms with Crippen molar-refractivity contribution in [1.82, 2.24) is 9.80 Å². The molecule has 0 spiro atoms. The van der Waals surface area contributed by atoms with E-state index in [9.17, 15) is 9.59 Å². The number of carbonyl (C=O) groups excluding carboxylic acids is 1. The summed E-state index contributed by atoms with van der Waals surface area (Å²) in [4.78, 5) is 27.0.